The van der Waals surface area contributed by atoms with Crippen LogP contribution in [0.15, 0.2) is 46.9 Å². The standard InChI is InChI=1S/C16H9Cl2N5O/c17-8-5-6-10(18)9(7-8)15-22-23-16(24-15)13-14(19)21-12-4-2-1-3-11(12)20-13/h1-7H,(H2,19,21). The summed E-state index contributed by atoms with van der Waals surface area (Å²) >= 11 is 12.1. The predicted molar refractivity (Wildman–Crippen MR) is 92.7 cm³/mol. The number of nitrogens with two attached hydrogens (primary N) is 1. The van der Waals surface area contributed by atoms with Gasteiger partial charge >= 0.3 is 0 Å². The van der Waals surface area contributed by atoms with Crippen LogP contribution >= 0.6 is 23.2 Å². The van der Waals surface area contributed by atoms with E-state index in [0.717, 1.165) is 0 Å². The molecule has 2 N–H and O–H groups in total. The van der Waals surface area contributed by atoms with E-state index in [1.165, 1.54) is 0 Å². The maximum absolute atomic E-state index is 6.16. The quantitative estimate of drug-likeness (QED) is 0.576. The van der Waals surface area contributed by atoms with E-state index in [2.05, 4.69) is 20.2 Å². The van der Waals surface area contributed by atoms with E-state index in [4.69, 9.17) is 33.4 Å². The molecule has 8 heteroatoms. The van der Waals surface area contributed by atoms with Gasteiger partial charge in [0.05, 0.1) is 21.6 Å². The summed E-state index contributed by atoms with van der Waals surface area (Å²) in [6.07, 6.45) is 0. The minimum Gasteiger partial charge on any atom is -0.414 e. The molecule has 4 rings (SSSR count). The van der Waals surface area contributed by atoms with E-state index in [0.29, 0.717) is 32.3 Å². The fourth-order valence-corrected chi connectivity index (χ4v) is 2.63. The Morgan fingerprint density at radius 3 is 2.38 bits per heavy atom. The van der Waals surface area contributed by atoms with Gasteiger partial charge in [0.15, 0.2) is 11.5 Å². The summed E-state index contributed by atoms with van der Waals surface area (Å²) in [6, 6.07) is 12.4. The lowest BCUT2D eigenvalue weighted by Crippen LogP contribution is -1.98. The molecular weight excluding hydrogens is 349 g/mol. The minimum atomic E-state index is 0.164. The van der Waals surface area contributed by atoms with Crippen LogP contribution < -0.4 is 5.73 Å². The largest absolute Gasteiger partial charge is 0.414 e. The molecule has 0 atom stereocenters. The topological polar surface area (TPSA) is 90.7 Å². The summed E-state index contributed by atoms with van der Waals surface area (Å²) in [4.78, 5) is 8.76. The molecule has 0 amide bonds. The van der Waals surface area contributed by atoms with Gasteiger partial charge in [0.2, 0.25) is 5.89 Å². The van der Waals surface area contributed by atoms with E-state index < -0.39 is 0 Å². The number of para-hydroxylation sites is 2. The lowest BCUT2D eigenvalue weighted by atomic mass is 10.2. The molecule has 0 aliphatic heterocycles. The number of fused-ring (bicyclic) bond motifs is 1. The van der Waals surface area contributed by atoms with Crippen molar-refractivity contribution in [2.24, 2.45) is 0 Å². The zero-order valence-electron chi connectivity index (χ0n) is 12.1. The minimum absolute atomic E-state index is 0.164. The average Bonchev–Trinajstić information content (AvgIpc) is 3.06. The highest BCUT2D eigenvalue weighted by Gasteiger charge is 2.18. The first-order valence-corrected chi connectivity index (χ1v) is 7.69. The fourth-order valence-electron chi connectivity index (χ4n) is 2.26. The highest BCUT2D eigenvalue weighted by atomic mass is 35.5. The third-order valence-corrected chi connectivity index (χ3v) is 3.95. The Kier molecular flexibility index (Phi) is 3.55. The Balaban J connectivity index is 1.83. The van der Waals surface area contributed by atoms with Crippen molar-refractivity contribution in [3.8, 4) is 23.0 Å². The molecule has 6 nitrogen and oxygen atoms in total. The number of anilines is 1. The van der Waals surface area contributed by atoms with Crippen molar-refractivity contribution in [2.45, 2.75) is 0 Å². The zero-order chi connectivity index (χ0) is 16.7. The Labute approximate surface area is 146 Å². The molecule has 0 unspecified atom stereocenters. The van der Waals surface area contributed by atoms with E-state index in [-0.39, 0.29) is 17.6 Å². The van der Waals surface area contributed by atoms with Crippen molar-refractivity contribution in [3.05, 3.63) is 52.5 Å². The van der Waals surface area contributed by atoms with Gasteiger partial charge in [-0.25, -0.2) is 9.97 Å². The number of nitrogen functional groups attached to an aromatic ring is 1. The monoisotopic (exact) mass is 357 g/mol. The van der Waals surface area contributed by atoms with E-state index in [9.17, 15) is 0 Å². The van der Waals surface area contributed by atoms with Gasteiger partial charge in [-0.3, -0.25) is 0 Å². The van der Waals surface area contributed by atoms with Gasteiger partial charge in [-0.15, -0.1) is 10.2 Å². The van der Waals surface area contributed by atoms with Gasteiger partial charge in [0.25, 0.3) is 5.89 Å². The number of nitrogens with zero attached hydrogens (tertiary/aromatic N) is 4. The highest BCUT2D eigenvalue weighted by Crippen LogP contribution is 2.32. The molecule has 0 spiro atoms. The second-order valence-corrected chi connectivity index (χ2v) is 5.83. The van der Waals surface area contributed by atoms with Crippen molar-refractivity contribution in [1.82, 2.24) is 20.2 Å². The molecule has 0 radical (unpaired) electrons. The molecule has 4 aromatic rings. The van der Waals surface area contributed by atoms with Crippen molar-refractivity contribution in [3.63, 3.8) is 0 Å². The molecule has 0 saturated heterocycles. The lowest BCUT2D eigenvalue weighted by Gasteiger charge is -2.02. The van der Waals surface area contributed by atoms with Crippen molar-refractivity contribution >= 4 is 40.1 Å². The molecule has 0 bridgehead atoms. The molecule has 24 heavy (non-hydrogen) atoms. The Morgan fingerprint density at radius 2 is 1.58 bits per heavy atom. The summed E-state index contributed by atoms with van der Waals surface area (Å²) in [5.41, 5.74) is 8.21. The Morgan fingerprint density at radius 1 is 0.875 bits per heavy atom. The van der Waals surface area contributed by atoms with Gasteiger partial charge in [0.1, 0.15) is 0 Å². The van der Waals surface area contributed by atoms with Gasteiger partial charge in [0, 0.05) is 5.02 Å². The molecule has 2 heterocycles. The maximum Gasteiger partial charge on any atom is 0.270 e. The SMILES string of the molecule is Nc1nc2ccccc2nc1-c1nnc(-c2cc(Cl)ccc2Cl)o1. The fraction of sp³-hybridized carbons (Fsp3) is 0. The third-order valence-electron chi connectivity index (χ3n) is 3.38. The molecular formula is C16H9Cl2N5O. The third kappa shape index (κ3) is 2.55. The summed E-state index contributed by atoms with van der Waals surface area (Å²) in [5.74, 6) is 0.602. The molecule has 2 aromatic carbocycles. The van der Waals surface area contributed by atoms with Crippen molar-refractivity contribution in [2.75, 3.05) is 5.73 Å². The van der Waals surface area contributed by atoms with Crippen molar-refractivity contribution < 1.29 is 4.42 Å². The van der Waals surface area contributed by atoms with Gasteiger partial charge in [-0.1, -0.05) is 35.3 Å². The van der Waals surface area contributed by atoms with E-state index >= 15 is 0 Å². The first-order chi connectivity index (χ1) is 11.6. The number of benzene rings is 2. The lowest BCUT2D eigenvalue weighted by molar-refractivity contribution is 0.582. The molecule has 0 aliphatic carbocycles. The summed E-state index contributed by atoms with van der Waals surface area (Å²) in [5, 5.41) is 8.97. The van der Waals surface area contributed by atoms with Gasteiger partial charge < -0.3 is 10.2 Å². The number of aromatic nitrogens is 4. The maximum atomic E-state index is 6.16. The van der Waals surface area contributed by atoms with E-state index in [1.54, 1.807) is 18.2 Å². The molecule has 2 aromatic heterocycles. The number of halogens is 2. The van der Waals surface area contributed by atoms with Crippen LogP contribution in [0.1, 0.15) is 0 Å². The van der Waals surface area contributed by atoms with Crippen molar-refractivity contribution in [1.29, 1.82) is 0 Å². The highest BCUT2D eigenvalue weighted by molar-refractivity contribution is 6.35. The molecule has 0 fully saturated rings. The normalized spacial score (nSPS) is 11.1. The number of hydrogen-bond acceptors (Lipinski definition) is 6. The summed E-state index contributed by atoms with van der Waals surface area (Å²) in [7, 11) is 0. The zero-order valence-corrected chi connectivity index (χ0v) is 13.6. The van der Waals surface area contributed by atoms with Crippen LogP contribution in [0.4, 0.5) is 5.82 Å². The van der Waals surface area contributed by atoms with Crippen LogP contribution in [-0.4, -0.2) is 20.2 Å². The average molecular weight is 358 g/mol. The first kappa shape index (κ1) is 14.9. The molecule has 0 saturated carbocycles. The van der Waals surface area contributed by atoms with Crippen LogP contribution in [0.5, 0.6) is 0 Å². The Bertz CT molecular complexity index is 1060. The second kappa shape index (κ2) is 5.74. The number of rotatable bonds is 2. The summed E-state index contributed by atoms with van der Waals surface area (Å²) < 4.78 is 5.67. The summed E-state index contributed by atoms with van der Waals surface area (Å²) in [6.45, 7) is 0. The van der Waals surface area contributed by atoms with Crippen LogP contribution in [0.3, 0.4) is 0 Å². The molecule has 118 valence electrons. The second-order valence-electron chi connectivity index (χ2n) is 4.98. The van der Waals surface area contributed by atoms with Gasteiger partial charge in [-0.05, 0) is 30.3 Å². The van der Waals surface area contributed by atoms with Crippen LogP contribution in [0, 0.1) is 0 Å². The van der Waals surface area contributed by atoms with Crippen LogP contribution in [0.25, 0.3) is 34.1 Å². The first-order valence-electron chi connectivity index (χ1n) is 6.93. The van der Waals surface area contributed by atoms with Crippen LogP contribution in [-0.2, 0) is 0 Å². The van der Waals surface area contributed by atoms with E-state index in [1.807, 2.05) is 24.3 Å². The van der Waals surface area contributed by atoms with Gasteiger partial charge in [-0.2, -0.15) is 0 Å². The van der Waals surface area contributed by atoms with Crippen LogP contribution in [0.2, 0.25) is 10.0 Å². The number of hydrogen-bond donors (Lipinski definition) is 1. The molecule has 0 aliphatic rings. The smallest absolute Gasteiger partial charge is 0.270 e. The Hall–Kier alpha value is -2.70. The predicted octanol–water partition coefficient (Wildman–Crippen LogP) is 4.24.